The molecule has 2 heterocycles. The smallest absolute Gasteiger partial charge is 0.293 e. The van der Waals surface area contributed by atoms with Crippen molar-refractivity contribution in [3.8, 4) is 0 Å². The quantitative estimate of drug-likeness (QED) is 0.445. The van der Waals surface area contributed by atoms with E-state index in [1.165, 1.54) is 52.8 Å². The average molecular weight is 552 g/mol. The number of sulfonamides is 1. The van der Waals surface area contributed by atoms with E-state index in [1.54, 1.807) is 18.2 Å². The lowest BCUT2D eigenvalue weighted by Gasteiger charge is -2.20. The molecule has 0 spiro atoms. The number of nitrogens with zero attached hydrogens (tertiary/aromatic N) is 2. The zero-order chi connectivity index (χ0) is 26.9. The Morgan fingerprint density at radius 3 is 2.61 bits per heavy atom. The molecule has 5 rings (SSSR count). The number of fused-ring (bicyclic) bond motifs is 1. The van der Waals surface area contributed by atoms with Crippen LogP contribution in [0.5, 0.6) is 0 Å². The molecule has 1 N–H and O–H groups in total. The molecule has 3 aromatic rings. The van der Waals surface area contributed by atoms with Gasteiger partial charge in [-0.15, -0.1) is 0 Å². The van der Waals surface area contributed by atoms with Crippen LogP contribution in [0.4, 0.5) is 14.9 Å². The third-order valence-corrected chi connectivity index (χ3v) is 8.93. The first-order valence-corrected chi connectivity index (χ1v) is 14.0. The van der Waals surface area contributed by atoms with Gasteiger partial charge in [0.25, 0.3) is 27.1 Å². The summed E-state index contributed by atoms with van der Waals surface area (Å²) in [6.07, 6.45) is 1.93. The number of benzene rings is 3. The number of amides is 3. The van der Waals surface area contributed by atoms with Crippen LogP contribution in [0.3, 0.4) is 0 Å². The fourth-order valence-corrected chi connectivity index (χ4v) is 6.70. The molecule has 0 atom stereocenters. The Morgan fingerprint density at radius 2 is 1.79 bits per heavy atom. The highest BCUT2D eigenvalue weighted by Gasteiger charge is 2.35. The molecule has 2 aliphatic heterocycles. The molecule has 1 saturated heterocycles. The van der Waals surface area contributed by atoms with Crippen molar-refractivity contribution >= 4 is 50.6 Å². The first-order chi connectivity index (χ1) is 18.3. The van der Waals surface area contributed by atoms with Crippen LogP contribution in [0.1, 0.15) is 21.5 Å². The molecule has 2 aliphatic rings. The Morgan fingerprint density at radius 1 is 1.03 bits per heavy atom. The van der Waals surface area contributed by atoms with Gasteiger partial charge in [0.2, 0.25) is 0 Å². The maximum atomic E-state index is 13.9. The number of imide groups is 1. The summed E-state index contributed by atoms with van der Waals surface area (Å²) in [4.78, 5) is 38.8. The first kappa shape index (κ1) is 25.7. The Kier molecular flexibility index (Phi) is 7.04. The van der Waals surface area contributed by atoms with Crippen LogP contribution in [0.2, 0.25) is 0 Å². The van der Waals surface area contributed by atoms with E-state index in [1.807, 2.05) is 12.1 Å². The van der Waals surface area contributed by atoms with Crippen molar-refractivity contribution in [2.45, 2.75) is 11.3 Å². The maximum absolute atomic E-state index is 13.9. The lowest BCUT2D eigenvalue weighted by atomic mass is 10.2. The SMILES string of the molecule is O=C(NCCN1C(=O)SC(=Cc2ccccc2F)C1=O)c1cccc(S(=O)(=O)N2CCc3ccccc32)c1. The van der Waals surface area contributed by atoms with Crippen molar-refractivity contribution in [1.82, 2.24) is 10.2 Å². The van der Waals surface area contributed by atoms with Crippen LogP contribution in [0, 0.1) is 5.82 Å². The second kappa shape index (κ2) is 10.4. The maximum Gasteiger partial charge on any atom is 0.293 e. The molecule has 1 fully saturated rings. The Labute approximate surface area is 223 Å². The van der Waals surface area contributed by atoms with Gasteiger partial charge >= 0.3 is 0 Å². The van der Waals surface area contributed by atoms with Gasteiger partial charge in [0, 0.05) is 30.8 Å². The van der Waals surface area contributed by atoms with Crippen LogP contribution in [0.15, 0.2) is 82.6 Å². The number of carbonyl (C=O) groups excluding carboxylic acids is 3. The summed E-state index contributed by atoms with van der Waals surface area (Å²) < 4.78 is 41.9. The second-order valence-corrected chi connectivity index (χ2v) is 11.4. The Bertz CT molecular complexity index is 1590. The van der Waals surface area contributed by atoms with E-state index in [4.69, 9.17) is 0 Å². The molecular weight excluding hydrogens is 529 g/mol. The van der Waals surface area contributed by atoms with Gasteiger partial charge in [-0.25, -0.2) is 12.8 Å². The van der Waals surface area contributed by atoms with Crippen molar-refractivity contribution in [2.24, 2.45) is 0 Å². The largest absolute Gasteiger partial charge is 0.350 e. The normalized spacial score (nSPS) is 16.3. The van der Waals surface area contributed by atoms with Crippen LogP contribution in [0.25, 0.3) is 6.08 Å². The number of rotatable bonds is 7. The van der Waals surface area contributed by atoms with E-state index in [0.29, 0.717) is 30.4 Å². The van der Waals surface area contributed by atoms with Crippen molar-refractivity contribution in [3.05, 3.63) is 100 Å². The van der Waals surface area contributed by atoms with Crippen molar-refractivity contribution in [3.63, 3.8) is 0 Å². The van der Waals surface area contributed by atoms with Crippen LogP contribution >= 0.6 is 11.8 Å². The molecule has 0 radical (unpaired) electrons. The zero-order valence-corrected chi connectivity index (χ0v) is 21.6. The summed E-state index contributed by atoms with van der Waals surface area (Å²) in [5.74, 6) is -1.63. The standard InChI is InChI=1S/C27H22FN3O5S2/c28-22-10-3-1-7-19(22)17-24-26(33)30(27(34)37-24)15-13-29-25(32)20-8-5-9-21(16-20)38(35,36)31-14-12-18-6-2-4-11-23(18)31/h1-11,16-17H,12-15H2,(H,29,32). The Balaban J connectivity index is 1.23. The number of para-hydroxylation sites is 1. The number of hydrogen-bond acceptors (Lipinski definition) is 6. The van der Waals surface area contributed by atoms with Crippen molar-refractivity contribution in [1.29, 1.82) is 0 Å². The van der Waals surface area contributed by atoms with E-state index in [2.05, 4.69) is 5.32 Å². The highest BCUT2D eigenvalue weighted by Crippen LogP contribution is 2.33. The zero-order valence-electron chi connectivity index (χ0n) is 20.0. The first-order valence-electron chi connectivity index (χ1n) is 11.7. The highest BCUT2D eigenvalue weighted by atomic mass is 32.2. The Hall–Kier alpha value is -3.96. The molecular formula is C27H22FN3O5S2. The summed E-state index contributed by atoms with van der Waals surface area (Å²) in [6, 6.07) is 18.9. The lowest BCUT2D eigenvalue weighted by Crippen LogP contribution is -2.37. The predicted octanol–water partition coefficient (Wildman–Crippen LogP) is 4.04. The fraction of sp³-hybridized carbons (Fsp3) is 0.148. The monoisotopic (exact) mass is 551 g/mol. The molecule has 0 bridgehead atoms. The molecule has 8 nitrogen and oxygen atoms in total. The number of halogens is 1. The summed E-state index contributed by atoms with van der Waals surface area (Å²) in [7, 11) is -3.87. The molecule has 3 amide bonds. The predicted molar refractivity (Wildman–Crippen MR) is 143 cm³/mol. The third-order valence-electron chi connectivity index (χ3n) is 6.22. The topological polar surface area (TPSA) is 104 Å². The van der Waals surface area contributed by atoms with Crippen LogP contribution < -0.4 is 9.62 Å². The minimum Gasteiger partial charge on any atom is -0.350 e. The van der Waals surface area contributed by atoms with Gasteiger partial charge in [0.15, 0.2) is 0 Å². The van der Waals surface area contributed by atoms with E-state index in [0.717, 1.165) is 10.5 Å². The summed E-state index contributed by atoms with van der Waals surface area (Å²) in [6.45, 7) is 0.190. The number of carbonyl (C=O) groups is 3. The molecule has 0 saturated carbocycles. The number of hydrogen-bond donors (Lipinski definition) is 1. The number of anilines is 1. The van der Waals surface area contributed by atoms with E-state index in [9.17, 15) is 27.2 Å². The van der Waals surface area contributed by atoms with Gasteiger partial charge in [-0.05, 0) is 60.2 Å². The van der Waals surface area contributed by atoms with E-state index < -0.39 is 32.9 Å². The fourth-order valence-electron chi connectivity index (χ4n) is 4.29. The van der Waals surface area contributed by atoms with Crippen molar-refractivity contribution in [2.75, 3.05) is 23.9 Å². The van der Waals surface area contributed by atoms with Gasteiger partial charge in [-0.1, -0.05) is 42.5 Å². The van der Waals surface area contributed by atoms with Crippen molar-refractivity contribution < 1.29 is 27.2 Å². The molecule has 0 unspecified atom stereocenters. The average Bonchev–Trinajstić information content (AvgIpc) is 3.47. The molecule has 3 aromatic carbocycles. The molecule has 194 valence electrons. The van der Waals surface area contributed by atoms with E-state index >= 15 is 0 Å². The minimum absolute atomic E-state index is 0.00826. The summed E-state index contributed by atoms with van der Waals surface area (Å²) >= 11 is 0.700. The second-order valence-electron chi connectivity index (χ2n) is 8.59. The molecule has 11 heteroatoms. The molecule has 38 heavy (non-hydrogen) atoms. The number of nitrogens with one attached hydrogen (secondary N) is 1. The summed E-state index contributed by atoms with van der Waals surface area (Å²) in [5.41, 5.74) is 1.90. The van der Waals surface area contributed by atoms with Gasteiger partial charge < -0.3 is 5.32 Å². The lowest BCUT2D eigenvalue weighted by molar-refractivity contribution is -0.122. The van der Waals surface area contributed by atoms with Gasteiger partial charge in [0.1, 0.15) is 5.82 Å². The highest BCUT2D eigenvalue weighted by molar-refractivity contribution is 8.18. The van der Waals surface area contributed by atoms with Gasteiger partial charge in [0.05, 0.1) is 15.5 Å². The van der Waals surface area contributed by atoms with E-state index in [-0.39, 0.29) is 34.0 Å². The van der Waals surface area contributed by atoms with Gasteiger partial charge in [-0.2, -0.15) is 0 Å². The van der Waals surface area contributed by atoms with Crippen LogP contribution in [-0.4, -0.2) is 50.0 Å². The number of thioether (sulfide) groups is 1. The third kappa shape index (κ3) is 4.94. The summed E-state index contributed by atoms with van der Waals surface area (Å²) in [5, 5.41) is 2.10. The van der Waals surface area contributed by atoms with Gasteiger partial charge in [-0.3, -0.25) is 23.6 Å². The minimum atomic E-state index is -3.87. The van der Waals surface area contributed by atoms with Crippen LogP contribution in [-0.2, 0) is 21.2 Å². The molecule has 0 aromatic heterocycles. The molecule has 0 aliphatic carbocycles.